The van der Waals surface area contributed by atoms with E-state index in [-0.39, 0.29) is 11.9 Å². The van der Waals surface area contributed by atoms with E-state index in [0.29, 0.717) is 17.0 Å². The molecule has 1 saturated carbocycles. The molecule has 0 saturated heterocycles. The first-order chi connectivity index (χ1) is 10.3. The van der Waals surface area contributed by atoms with E-state index in [4.69, 9.17) is 4.84 Å². The Balaban J connectivity index is 1.95. The molecule has 0 aliphatic heterocycles. The number of halogens is 1. The van der Waals surface area contributed by atoms with Crippen LogP contribution in [0, 0.1) is 5.82 Å². The van der Waals surface area contributed by atoms with Gasteiger partial charge in [-0.25, -0.2) is 4.39 Å². The third-order valence-corrected chi connectivity index (χ3v) is 3.63. The van der Waals surface area contributed by atoms with Crippen molar-refractivity contribution in [2.75, 3.05) is 0 Å². The summed E-state index contributed by atoms with van der Waals surface area (Å²) >= 11 is 0. The van der Waals surface area contributed by atoms with Crippen LogP contribution in [0.2, 0.25) is 0 Å². The lowest BCUT2D eigenvalue weighted by atomic mass is 10.1. The zero-order valence-electron chi connectivity index (χ0n) is 11.7. The van der Waals surface area contributed by atoms with Gasteiger partial charge in [-0.05, 0) is 49.9 Å². The number of benzene rings is 1. The molecule has 0 bridgehead atoms. The molecule has 3 rings (SSSR count). The van der Waals surface area contributed by atoms with Gasteiger partial charge in [-0.3, -0.25) is 4.98 Å². The predicted molar refractivity (Wildman–Crippen MR) is 79.6 cm³/mol. The molecule has 1 aromatic heterocycles. The number of oxime groups is 1. The fourth-order valence-electron chi connectivity index (χ4n) is 2.51. The molecule has 21 heavy (non-hydrogen) atoms. The van der Waals surface area contributed by atoms with Crippen LogP contribution in [-0.4, -0.2) is 16.8 Å². The maximum Gasteiger partial charge on any atom is 0.138 e. The van der Waals surface area contributed by atoms with E-state index >= 15 is 0 Å². The standard InChI is InChI=1S/C17H17FN2O/c18-15-10-4-3-9-14(15)17(16-11-5-6-12-19-16)20-21-13-7-1-2-8-13/h3-6,9-13H,1-2,7-8H2/b20-17+. The topological polar surface area (TPSA) is 34.5 Å². The zero-order chi connectivity index (χ0) is 14.5. The van der Waals surface area contributed by atoms with E-state index in [1.165, 1.54) is 18.9 Å². The largest absolute Gasteiger partial charge is 0.392 e. The molecule has 1 aromatic carbocycles. The van der Waals surface area contributed by atoms with Gasteiger partial charge in [0.25, 0.3) is 0 Å². The average molecular weight is 284 g/mol. The summed E-state index contributed by atoms with van der Waals surface area (Å²) in [7, 11) is 0. The second-order valence-electron chi connectivity index (χ2n) is 5.15. The molecule has 1 aliphatic rings. The van der Waals surface area contributed by atoms with Crippen molar-refractivity contribution in [3.63, 3.8) is 0 Å². The van der Waals surface area contributed by atoms with Crippen molar-refractivity contribution in [3.05, 3.63) is 65.7 Å². The van der Waals surface area contributed by atoms with Crippen LogP contribution >= 0.6 is 0 Å². The Morgan fingerprint density at radius 3 is 2.57 bits per heavy atom. The van der Waals surface area contributed by atoms with Crippen molar-refractivity contribution < 1.29 is 9.23 Å². The molecular formula is C17H17FN2O. The Labute approximate surface area is 123 Å². The maximum absolute atomic E-state index is 14.1. The molecule has 0 amide bonds. The predicted octanol–water partition coefficient (Wildman–Crippen LogP) is 3.93. The highest BCUT2D eigenvalue weighted by Crippen LogP contribution is 2.22. The van der Waals surface area contributed by atoms with E-state index in [1.807, 2.05) is 18.2 Å². The van der Waals surface area contributed by atoms with Gasteiger partial charge in [0.15, 0.2) is 0 Å². The van der Waals surface area contributed by atoms with Crippen LogP contribution in [0.3, 0.4) is 0 Å². The van der Waals surface area contributed by atoms with Crippen LogP contribution in [0.5, 0.6) is 0 Å². The fraction of sp³-hybridized carbons (Fsp3) is 0.294. The Kier molecular flexibility index (Phi) is 4.24. The zero-order valence-corrected chi connectivity index (χ0v) is 11.7. The summed E-state index contributed by atoms with van der Waals surface area (Å²) in [6.45, 7) is 0. The van der Waals surface area contributed by atoms with Crippen LogP contribution < -0.4 is 0 Å². The Bertz CT molecular complexity index is 622. The third kappa shape index (κ3) is 3.27. The van der Waals surface area contributed by atoms with Gasteiger partial charge < -0.3 is 4.84 Å². The highest BCUT2D eigenvalue weighted by molar-refractivity contribution is 6.11. The smallest absolute Gasteiger partial charge is 0.138 e. The molecule has 0 unspecified atom stereocenters. The van der Waals surface area contributed by atoms with Gasteiger partial charge in [-0.2, -0.15) is 0 Å². The minimum Gasteiger partial charge on any atom is -0.392 e. The summed E-state index contributed by atoms with van der Waals surface area (Å²) in [5.41, 5.74) is 1.47. The van der Waals surface area contributed by atoms with Gasteiger partial charge in [-0.1, -0.05) is 23.4 Å². The van der Waals surface area contributed by atoms with Gasteiger partial charge in [0.05, 0.1) is 5.69 Å². The Morgan fingerprint density at radius 2 is 1.86 bits per heavy atom. The summed E-state index contributed by atoms with van der Waals surface area (Å²) in [5.74, 6) is -0.322. The normalized spacial score (nSPS) is 16.1. The van der Waals surface area contributed by atoms with Gasteiger partial charge in [-0.15, -0.1) is 0 Å². The quantitative estimate of drug-likeness (QED) is 0.629. The van der Waals surface area contributed by atoms with Crippen LogP contribution in [0.25, 0.3) is 0 Å². The van der Waals surface area contributed by atoms with Crippen molar-refractivity contribution in [1.29, 1.82) is 0 Å². The molecule has 2 aromatic rings. The molecule has 0 radical (unpaired) electrons. The number of hydrogen-bond acceptors (Lipinski definition) is 3. The van der Waals surface area contributed by atoms with Gasteiger partial charge in [0, 0.05) is 11.8 Å². The number of nitrogens with zero attached hydrogens (tertiary/aromatic N) is 2. The van der Waals surface area contributed by atoms with Crippen LogP contribution in [-0.2, 0) is 4.84 Å². The molecule has 1 heterocycles. The van der Waals surface area contributed by atoms with Crippen molar-refractivity contribution in [1.82, 2.24) is 4.98 Å². The Morgan fingerprint density at radius 1 is 1.10 bits per heavy atom. The second-order valence-corrected chi connectivity index (χ2v) is 5.15. The van der Waals surface area contributed by atoms with Crippen LogP contribution in [0.1, 0.15) is 36.9 Å². The van der Waals surface area contributed by atoms with Gasteiger partial charge >= 0.3 is 0 Å². The molecule has 1 fully saturated rings. The molecule has 1 aliphatic carbocycles. The maximum atomic E-state index is 14.1. The van der Waals surface area contributed by atoms with E-state index in [0.717, 1.165) is 12.8 Å². The molecule has 108 valence electrons. The lowest BCUT2D eigenvalue weighted by Gasteiger charge is -2.10. The molecule has 0 N–H and O–H groups in total. The number of rotatable bonds is 4. The molecule has 0 spiro atoms. The minimum absolute atomic E-state index is 0.135. The summed E-state index contributed by atoms with van der Waals surface area (Å²) in [6.07, 6.45) is 6.15. The van der Waals surface area contributed by atoms with Crippen molar-refractivity contribution in [3.8, 4) is 0 Å². The van der Waals surface area contributed by atoms with Crippen molar-refractivity contribution >= 4 is 5.71 Å². The van der Waals surface area contributed by atoms with E-state index in [2.05, 4.69) is 10.1 Å². The fourth-order valence-corrected chi connectivity index (χ4v) is 2.51. The van der Waals surface area contributed by atoms with Crippen LogP contribution in [0.15, 0.2) is 53.8 Å². The van der Waals surface area contributed by atoms with Crippen molar-refractivity contribution in [2.45, 2.75) is 31.8 Å². The lowest BCUT2D eigenvalue weighted by molar-refractivity contribution is 0.0646. The molecule has 4 heteroatoms. The highest BCUT2D eigenvalue weighted by Gasteiger charge is 2.18. The summed E-state index contributed by atoms with van der Waals surface area (Å²) in [4.78, 5) is 9.87. The molecular weight excluding hydrogens is 267 g/mol. The van der Waals surface area contributed by atoms with Crippen molar-refractivity contribution in [2.24, 2.45) is 5.16 Å². The minimum atomic E-state index is -0.322. The van der Waals surface area contributed by atoms with E-state index in [1.54, 1.807) is 24.4 Å². The molecule has 0 atom stereocenters. The Hall–Kier alpha value is -2.23. The SMILES string of the molecule is Fc1ccccc1/C(=N\OC1CCCC1)c1ccccn1. The van der Waals surface area contributed by atoms with E-state index < -0.39 is 0 Å². The third-order valence-electron chi connectivity index (χ3n) is 3.63. The average Bonchev–Trinajstić information content (AvgIpc) is 3.04. The molecule has 3 nitrogen and oxygen atoms in total. The van der Waals surface area contributed by atoms with Gasteiger partial charge in [0.2, 0.25) is 0 Å². The van der Waals surface area contributed by atoms with Gasteiger partial charge in [0.1, 0.15) is 17.6 Å². The second kappa shape index (κ2) is 6.48. The summed E-state index contributed by atoms with van der Waals surface area (Å²) < 4.78 is 14.1. The first kappa shape index (κ1) is 13.7. The monoisotopic (exact) mass is 284 g/mol. The lowest BCUT2D eigenvalue weighted by Crippen LogP contribution is -2.11. The first-order valence-electron chi connectivity index (χ1n) is 7.25. The number of aromatic nitrogens is 1. The number of hydrogen-bond donors (Lipinski definition) is 0. The highest BCUT2D eigenvalue weighted by atomic mass is 19.1. The summed E-state index contributed by atoms with van der Waals surface area (Å²) in [5, 5.41) is 4.22. The van der Waals surface area contributed by atoms with E-state index in [9.17, 15) is 4.39 Å². The number of pyridine rings is 1. The summed E-state index contributed by atoms with van der Waals surface area (Å²) in [6, 6.07) is 12.0. The van der Waals surface area contributed by atoms with Crippen LogP contribution in [0.4, 0.5) is 4.39 Å². The first-order valence-corrected chi connectivity index (χ1v) is 7.25.